The molecule has 2 heterocycles. The van der Waals surface area contributed by atoms with E-state index in [9.17, 15) is 0 Å². The summed E-state index contributed by atoms with van der Waals surface area (Å²) in [6.07, 6.45) is 1.73. The summed E-state index contributed by atoms with van der Waals surface area (Å²) in [5.41, 5.74) is 6.39. The molecule has 180 valence electrons. The van der Waals surface area contributed by atoms with Crippen molar-refractivity contribution < 1.29 is 0 Å². The van der Waals surface area contributed by atoms with Gasteiger partial charge in [0.1, 0.15) is 12.0 Å². The van der Waals surface area contributed by atoms with Gasteiger partial charge in [-0.1, -0.05) is 109 Å². The first-order valence-corrected chi connectivity index (χ1v) is 12.7. The van der Waals surface area contributed by atoms with Gasteiger partial charge in [-0.05, 0) is 40.3 Å². The third-order valence-electron chi connectivity index (χ3n) is 6.95. The van der Waals surface area contributed by atoms with Crippen molar-refractivity contribution in [3.05, 3.63) is 150 Å². The third-order valence-corrected chi connectivity index (χ3v) is 6.95. The molecule has 5 aromatic carbocycles. The molecule has 0 bridgehead atoms. The monoisotopic (exact) mass is 488 g/mol. The second kappa shape index (κ2) is 9.41. The number of benzene rings is 5. The number of aromatic nitrogens is 1. The zero-order valence-corrected chi connectivity index (χ0v) is 20.6. The third kappa shape index (κ3) is 4.12. The van der Waals surface area contributed by atoms with Gasteiger partial charge in [0.05, 0.1) is 5.52 Å². The lowest BCUT2D eigenvalue weighted by atomic mass is 9.98. The van der Waals surface area contributed by atoms with Crippen LogP contribution in [0.25, 0.3) is 32.8 Å². The van der Waals surface area contributed by atoms with Gasteiger partial charge in [0.15, 0.2) is 5.84 Å². The van der Waals surface area contributed by atoms with Gasteiger partial charge < -0.3 is 5.32 Å². The highest BCUT2D eigenvalue weighted by Crippen LogP contribution is 2.30. The summed E-state index contributed by atoms with van der Waals surface area (Å²) in [5.74, 6) is 1.54. The molecule has 0 radical (unpaired) electrons. The molecule has 4 heteroatoms. The van der Waals surface area contributed by atoms with Crippen molar-refractivity contribution in [2.45, 2.75) is 6.17 Å². The van der Waals surface area contributed by atoms with Gasteiger partial charge in [-0.3, -0.25) is 4.98 Å². The molecule has 1 N–H and O–H groups in total. The minimum Gasteiger partial charge on any atom is -0.344 e. The molecule has 1 aromatic heterocycles. The minimum atomic E-state index is -0.220. The van der Waals surface area contributed by atoms with Crippen molar-refractivity contribution in [2.75, 3.05) is 0 Å². The Kier molecular flexibility index (Phi) is 5.48. The van der Waals surface area contributed by atoms with E-state index >= 15 is 0 Å². The highest BCUT2D eigenvalue weighted by Gasteiger charge is 2.21. The van der Waals surface area contributed by atoms with Gasteiger partial charge >= 0.3 is 0 Å². The van der Waals surface area contributed by atoms with E-state index in [1.54, 1.807) is 0 Å². The Morgan fingerprint density at radius 2 is 1.26 bits per heavy atom. The van der Waals surface area contributed by atoms with Crippen LogP contribution in [-0.2, 0) is 0 Å². The fourth-order valence-corrected chi connectivity index (χ4v) is 5.00. The van der Waals surface area contributed by atoms with Gasteiger partial charge in [0.2, 0.25) is 0 Å². The number of hydrogen-bond donors (Lipinski definition) is 1. The van der Waals surface area contributed by atoms with Gasteiger partial charge in [0.25, 0.3) is 0 Å². The number of rotatable bonds is 4. The SMILES string of the molecule is c1ccc(C2=NC(c3cccc(-c4ccc5cnc6ccccc6c5c4)c3)=NC(c3ccccc3)N2)cc1. The molecule has 1 unspecified atom stereocenters. The molecular formula is C34H24N4. The maximum Gasteiger partial charge on any atom is 0.159 e. The smallest absolute Gasteiger partial charge is 0.159 e. The van der Waals surface area contributed by atoms with E-state index in [0.717, 1.165) is 49.9 Å². The molecule has 0 saturated carbocycles. The summed E-state index contributed by atoms with van der Waals surface area (Å²) in [4.78, 5) is 14.6. The van der Waals surface area contributed by atoms with E-state index in [0.29, 0.717) is 5.84 Å². The lowest BCUT2D eigenvalue weighted by Gasteiger charge is -2.23. The number of nitrogens with one attached hydrogen (secondary N) is 1. The Bertz CT molecular complexity index is 1840. The number of pyridine rings is 1. The Balaban J connectivity index is 1.33. The van der Waals surface area contributed by atoms with Crippen LogP contribution in [0.3, 0.4) is 0 Å². The van der Waals surface area contributed by atoms with E-state index < -0.39 is 0 Å². The molecule has 0 aliphatic carbocycles. The molecule has 1 atom stereocenters. The van der Waals surface area contributed by atoms with Crippen molar-refractivity contribution in [3.8, 4) is 11.1 Å². The molecule has 6 aromatic rings. The van der Waals surface area contributed by atoms with Crippen molar-refractivity contribution in [3.63, 3.8) is 0 Å². The number of fused-ring (bicyclic) bond motifs is 3. The first kappa shape index (κ1) is 22.1. The van der Waals surface area contributed by atoms with Crippen LogP contribution in [-0.4, -0.2) is 16.7 Å². The number of hydrogen-bond acceptors (Lipinski definition) is 4. The van der Waals surface area contributed by atoms with Crippen LogP contribution >= 0.6 is 0 Å². The summed E-state index contributed by atoms with van der Waals surface area (Å²) in [6, 6.07) is 43.9. The fraction of sp³-hybridized carbons (Fsp3) is 0.0294. The van der Waals surface area contributed by atoms with E-state index in [1.807, 2.05) is 48.7 Å². The summed E-state index contributed by atoms with van der Waals surface area (Å²) in [5, 5.41) is 7.02. The zero-order valence-electron chi connectivity index (χ0n) is 20.6. The van der Waals surface area contributed by atoms with Crippen molar-refractivity contribution >= 4 is 33.3 Å². The van der Waals surface area contributed by atoms with Crippen LogP contribution in [0.1, 0.15) is 22.9 Å². The maximum atomic E-state index is 5.03. The Hall–Kier alpha value is -5.09. The standard InChI is InChI=1S/C34H24N4/c1-3-10-23(11-4-1)32-36-33(24-12-5-2-6-13-24)38-34(37-32)27-15-9-14-25(20-27)26-18-19-28-22-35-31-17-8-7-16-29(31)30(28)21-26/h1-22,32H,(H,36,37,38). The van der Waals surface area contributed by atoms with E-state index in [1.165, 1.54) is 5.39 Å². The number of amidine groups is 2. The summed E-state index contributed by atoms with van der Waals surface area (Å²) >= 11 is 0. The van der Waals surface area contributed by atoms with E-state index in [2.05, 4.69) is 95.2 Å². The summed E-state index contributed by atoms with van der Waals surface area (Å²) in [6.45, 7) is 0. The summed E-state index contributed by atoms with van der Waals surface area (Å²) in [7, 11) is 0. The highest BCUT2D eigenvalue weighted by atomic mass is 15.2. The molecular weight excluding hydrogens is 464 g/mol. The Labute approximate surface area is 221 Å². The first-order valence-electron chi connectivity index (χ1n) is 12.7. The second-order valence-corrected chi connectivity index (χ2v) is 9.39. The lowest BCUT2D eigenvalue weighted by molar-refractivity contribution is 0.674. The number of aliphatic imine (C=N–C) groups is 2. The second-order valence-electron chi connectivity index (χ2n) is 9.39. The predicted molar refractivity (Wildman–Crippen MR) is 157 cm³/mol. The average Bonchev–Trinajstić information content (AvgIpc) is 3.01. The normalized spacial score (nSPS) is 15.1. The van der Waals surface area contributed by atoms with Crippen molar-refractivity contribution in [1.29, 1.82) is 0 Å². The largest absolute Gasteiger partial charge is 0.344 e. The zero-order chi connectivity index (χ0) is 25.3. The average molecular weight is 489 g/mol. The maximum absolute atomic E-state index is 5.03. The van der Waals surface area contributed by atoms with Crippen molar-refractivity contribution in [2.24, 2.45) is 9.98 Å². The van der Waals surface area contributed by atoms with Gasteiger partial charge in [-0.15, -0.1) is 0 Å². The van der Waals surface area contributed by atoms with Gasteiger partial charge in [-0.25, -0.2) is 9.98 Å². The lowest BCUT2D eigenvalue weighted by Crippen LogP contribution is -2.33. The fourth-order valence-electron chi connectivity index (χ4n) is 5.00. The van der Waals surface area contributed by atoms with Crippen molar-refractivity contribution in [1.82, 2.24) is 10.3 Å². The van der Waals surface area contributed by atoms with Crippen LogP contribution in [0.2, 0.25) is 0 Å². The quantitative estimate of drug-likeness (QED) is 0.261. The molecule has 38 heavy (non-hydrogen) atoms. The van der Waals surface area contributed by atoms with Gasteiger partial charge in [-0.2, -0.15) is 0 Å². The molecule has 0 saturated heterocycles. The predicted octanol–water partition coefficient (Wildman–Crippen LogP) is 7.55. The summed E-state index contributed by atoms with van der Waals surface area (Å²) < 4.78 is 0. The minimum absolute atomic E-state index is 0.220. The first-order chi connectivity index (χ1) is 18.8. The van der Waals surface area contributed by atoms with Crippen LogP contribution in [0.4, 0.5) is 0 Å². The van der Waals surface area contributed by atoms with Crippen LogP contribution in [0.15, 0.2) is 144 Å². The van der Waals surface area contributed by atoms with E-state index in [4.69, 9.17) is 9.98 Å². The van der Waals surface area contributed by atoms with Gasteiger partial charge in [0, 0.05) is 28.1 Å². The molecule has 1 aliphatic heterocycles. The van der Waals surface area contributed by atoms with Crippen LogP contribution in [0, 0.1) is 0 Å². The molecule has 7 rings (SSSR count). The number of para-hydroxylation sites is 1. The molecule has 0 spiro atoms. The topological polar surface area (TPSA) is 49.6 Å². The molecule has 1 aliphatic rings. The van der Waals surface area contributed by atoms with Crippen LogP contribution in [0.5, 0.6) is 0 Å². The molecule has 0 fully saturated rings. The Morgan fingerprint density at radius 3 is 2.13 bits per heavy atom. The highest BCUT2D eigenvalue weighted by molar-refractivity contribution is 6.13. The van der Waals surface area contributed by atoms with Crippen LogP contribution < -0.4 is 5.32 Å². The number of nitrogens with zero attached hydrogens (tertiary/aromatic N) is 3. The molecule has 0 amide bonds. The Morgan fingerprint density at radius 1 is 0.553 bits per heavy atom. The molecule has 4 nitrogen and oxygen atoms in total. The van der Waals surface area contributed by atoms with E-state index in [-0.39, 0.29) is 6.17 Å².